The molecule has 0 amide bonds. The van der Waals surface area contributed by atoms with Crippen LogP contribution in [-0.2, 0) is 6.54 Å². The van der Waals surface area contributed by atoms with Crippen molar-refractivity contribution in [3.63, 3.8) is 0 Å². The molecule has 3 aromatic rings. The minimum atomic E-state index is -1.37. The van der Waals surface area contributed by atoms with E-state index in [2.05, 4.69) is 47.7 Å². The van der Waals surface area contributed by atoms with Crippen molar-refractivity contribution in [1.82, 2.24) is 4.57 Å². The lowest BCUT2D eigenvalue weighted by atomic mass is 9.95. The SMILES string of the molecule is CCC[C@@]1(C=NCCNc2cc3c(c(N)c2F)c(=O)c(C(=O)O)cn3CC)C[C@@H]1c1ccccc1. The maximum absolute atomic E-state index is 15.0. The van der Waals surface area contributed by atoms with Crippen molar-refractivity contribution in [3.8, 4) is 0 Å². The van der Waals surface area contributed by atoms with Crippen molar-refractivity contribution in [2.24, 2.45) is 10.4 Å². The molecule has 7 nitrogen and oxygen atoms in total. The number of halogens is 1. The highest BCUT2D eigenvalue weighted by molar-refractivity contribution is 5.99. The van der Waals surface area contributed by atoms with Gasteiger partial charge in [0, 0.05) is 30.9 Å². The maximum Gasteiger partial charge on any atom is 0.341 e. The second-order valence-electron chi connectivity index (χ2n) is 9.12. The zero-order chi connectivity index (χ0) is 25.2. The largest absolute Gasteiger partial charge is 0.477 e. The third-order valence-electron chi connectivity index (χ3n) is 6.86. The molecule has 0 aliphatic heterocycles. The molecule has 35 heavy (non-hydrogen) atoms. The number of anilines is 2. The van der Waals surface area contributed by atoms with Gasteiger partial charge in [0.15, 0.2) is 5.82 Å². The molecular weight excluding hydrogens is 447 g/mol. The van der Waals surface area contributed by atoms with Crippen LogP contribution in [0, 0.1) is 11.2 Å². The first-order valence-electron chi connectivity index (χ1n) is 12.0. The van der Waals surface area contributed by atoms with Crippen LogP contribution >= 0.6 is 0 Å². The van der Waals surface area contributed by atoms with Gasteiger partial charge in [-0.15, -0.1) is 0 Å². The van der Waals surface area contributed by atoms with Gasteiger partial charge >= 0.3 is 5.97 Å². The van der Waals surface area contributed by atoms with Crippen molar-refractivity contribution in [2.75, 3.05) is 24.1 Å². The Balaban J connectivity index is 1.50. The summed E-state index contributed by atoms with van der Waals surface area (Å²) in [5.74, 6) is -1.65. The number of hydrogen-bond acceptors (Lipinski definition) is 5. The predicted molar refractivity (Wildman–Crippen MR) is 138 cm³/mol. The average molecular weight is 479 g/mol. The number of carboxylic acids is 1. The molecule has 0 saturated heterocycles. The third kappa shape index (κ3) is 4.65. The van der Waals surface area contributed by atoms with E-state index < -0.39 is 22.8 Å². The summed E-state index contributed by atoms with van der Waals surface area (Å²) in [5.41, 5.74) is 6.36. The summed E-state index contributed by atoms with van der Waals surface area (Å²) in [4.78, 5) is 28.7. The Kier molecular flexibility index (Phi) is 6.91. The van der Waals surface area contributed by atoms with E-state index in [9.17, 15) is 14.7 Å². The van der Waals surface area contributed by atoms with E-state index >= 15 is 4.39 Å². The molecule has 2 aromatic carbocycles. The number of benzene rings is 2. The van der Waals surface area contributed by atoms with Crippen LogP contribution in [0.25, 0.3) is 10.9 Å². The Labute approximate surface area is 203 Å². The zero-order valence-corrected chi connectivity index (χ0v) is 20.1. The lowest BCUT2D eigenvalue weighted by Gasteiger charge is -2.15. The van der Waals surface area contributed by atoms with Crippen LogP contribution in [0.4, 0.5) is 15.8 Å². The van der Waals surface area contributed by atoms with Gasteiger partial charge in [0.05, 0.1) is 28.8 Å². The van der Waals surface area contributed by atoms with Gasteiger partial charge in [-0.3, -0.25) is 9.79 Å². The number of nitrogen functional groups attached to an aromatic ring is 1. The van der Waals surface area contributed by atoms with Crippen LogP contribution in [0.3, 0.4) is 0 Å². The monoisotopic (exact) mass is 478 g/mol. The number of hydrogen-bond donors (Lipinski definition) is 3. The molecule has 1 saturated carbocycles. The molecule has 4 N–H and O–H groups in total. The number of carboxylic acid groups (broad SMARTS) is 1. The number of fused-ring (bicyclic) bond motifs is 1. The number of aryl methyl sites for hydroxylation is 1. The Bertz CT molecular complexity index is 1340. The van der Waals surface area contributed by atoms with Gasteiger partial charge in [0.1, 0.15) is 5.56 Å². The van der Waals surface area contributed by atoms with Crippen LogP contribution in [-0.4, -0.2) is 34.9 Å². The Morgan fingerprint density at radius 1 is 1.34 bits per heavy atom. The molecule has 2 atom stereocenters. The Hall–Kier alpha value is -3.68. The smallest absolute Gasteiger partial charge is 0.341 e. The summed E-state index contributed by atoms with van der Waals surface area (Å²) in [6.07, 6.45) is 6.59. The summed E-state index contributed by atoms with van der Waals surface area (Å²) < 4.78 is 16.6. The molecular formula is C27H31FN4O3. The minimum Gasteiger partial charge on any atom is -0.477 e. The van der Waals surface area contributed by atoms with Gasteiger partial charge in [-0.1, -0.05) is 43.7 Å². The number of aromatic carboxylic acids is 1. The van der Waals surface area contributed by atoms with E-state index in [1.54, 1.807) is 4.57 Å². The van der Waals surface area contributed by atoms with Crippen LogP contribution in [0.15, 0.2) is 52.4 Å². The normalized spacial score (nSPS) is 19.3. The number of rotatable bonds is 10. The highest BCUT2D eigenvalue weighted by Gasteiger charge is 2.52. The van der Waals surface area contributed by atoms with Crippen LogP contribution < -0.4 is 16.5 Å². The topological polar surface area (TPSA) is 110 Å². The predicted octanol–water partition coefficient (Wildman–Crippen LogP) is 4.90. The molecule has 184 valence electrons. The molecule has 1 aliphatic rings. The first-order chi connectivity index (χ1) is 16.8. The zero-order valence-electron chi connectivity index (χ0n) is 20.1. The number of carbonyl (C=O) groups is 1. The molecule has 0 bridgehead atoms. The molecule has 1 aromatic heterocycles. The first kappa shape index (κ1) is 24.4. The number of aromatic nitrogens is 1. The lowest BCUT2D eigenvalue weighted by Crippen LogP contribution is -2.21. The van der Waals surface area contributed by atoms with Crippen molar-refractivity contribution in [2.45, 2.75) is 45.6 Å². The highest BCUT2D eigenvalue weighted by atomic mass is 19.1. The van der Waals surface area contributed by atoms with Gasteiger partial charge in [-0.2, -0.15) is 0 Å². The number of nitrogens with two attached hydrogens (primary N) is 1. The van der Waals surface area contributed by atoms with Gasteiger partial charge in [0.25, 0.3) is 0 Å². The Morgan fingerprint density at radius 2 is 2.09 bits per heavy atom. The number of nitrogens with zero attached hydrogens (tertiary/aromatic N) is 2. The van der Waals surface area contributed by atoms with Gasteiger partial charge in [-0.25, -0.2) is 9.18 Å². The van der Waals surface area contributed by atoms with Crippen molar-refractivity contribution < 1.29 is 14.3 Å². The van der Waals surface area contributed by atoms with Crippen LogP contribution in [0.5, 0.6) is 0 Å². The number of nitrogens with one attached hydrogen (secondary N) is 1. The molecule has 1 fully saturated rings. The summed E-state index contributed by atoms with van der Waals surface area (Å²) in [6.45, 7) is 5.24. The lowest BCUT2D eigenvalue weighted by molar-refractivity contribution is 0.0695. The summed E-state index contributed by atoms with van der Waals surface area (Å²) >= 11 is 0. The van der Waals surface area contributed by atoms with Crippen molar-refractivity contribution in [1.29, 1.82) is 0 Å². The molecule has 8 heteroatoms. The van der Waals surface area contributed by atoms with Crippen LogP contribution in [0.1, 0.15) is 54.9 Å². The number of pyridine rings is 1. The second-order valence-corrected chi connectivity index (χ2v) is 9.12. The fraction of sp³-hybridized carbons (Fsp3) is 0.370. The number of aliphatic imine (C=N–C) groups is 1. The molecule has 1 aliphatic carbocycles. The highest BCUT2D eigenvalue weighted by Crippen LogP contribution is 2.60. The molecule has 0 spiro atoms. The summed E-state index contributed by atoms with van der Waals surface area (Å²) in [6, 6.07) is 12.0. The summed E-state index contributed by atoms with van der Waals surface area (Å²) in [5, 5.41) is 12.2. The van der Waals surface area contributed by atoms with E-state index in [-0.39, 0.29) is 22.2 Å². The van der Waals surface area contributed by atoms with E-state index in [4.69, 9.17) is 5.73 Å². The molecule has 4 rings (SSSR count). The summed E-state index contributed by atoms with van der Waals surface area (Å²) in [7, 11) is 0. The van der Waals surface area contributed by atoms with E-state index in [0.29, 0.717) is 31.1 Å². The van der Waals surface area contributed by atoms with Gasteiger partial charge in [0.2, 0.25) is 5.43 Å². The fourth-order valence-electron chi connectivity index (χ4n) is 5.00. The molecule has 0 radical (unpaired) electrons. The van der Waals surface area contributed by atoms with E-state index in [1.165, 1.54) is 17.8 Å². The third-order valence-corrected chi connectivity index (χ3v) is 6.86. The van der Waals surface area contributed by atoms with Crippen molar-refractivity contribution in [3.05, 3.63) is 69.8 Å². The van der Waals surface area contributed by atoms with Crippen molar-refractivity contribution >= 4 is 34.5 Å². The molecule has 0 unspecified atom stereocenters. The second kappa shape index (κ2) is 9.90. The fourth-order valence-corrected chi connectivity index (χ4v) is 5.00. The molecule has 1 heterocycles. The quantitative estimate of drug-likeness (QED) is 0.218. The first-order valence-corrected chi connectivity index (χ1v) is 12.0. The van der Waals surface area contributed by atoms with Gasteiger partial charge in [-0.05, 0) is 37.3 Å². The maximum atomic E-state index is 15.0. The van der Waals surface area contributed by atoms with Crippen LogP contribution in [0.2, 0.25) is 0 Å². The average Bonchev–Trinajstić information content (AvgIpc) is 3.56. The standard InChI is InChI=1S/C27H31FN4O3/c1-3-10-27(14-19(27)17-8-6-5-7-9-17)16-30-11-12-31-20-13-21-22(24(29)23(20)28)25(33)18(26(34)35)15-32(21)4-2/h5-9,13,15-16,19,31H,3-4,10-12,14,29H2,1-2H3,(H,34,35)/t19-,27+/m1/s1. The van der Waals surface area contributed by atoms with E-state index in [0.717, 1.165) is 19.3 Å². The van der Waals surface area contributed by atoms with E-state index in [1.807, 2.05) is 13.0 Å². The van der Waals surface area contributed by atoms with Gasteiger partial charge < -0.3 is 20.7 Å². The Morgan fingerprint density at radius 3 is 2.74 bits per heavy atom. The minimum absolute atomic E-state index is 0.0910.